The highest BCUT2D eigenvalue weighted by molar-refractivity contribution is 5.94. The summed E-state index contributed by atoms with van der Waals surface area (Å²) in [4.78, 5) is 38.9. The van der Waals surface area contributed by atoms with Gasteiger partial charge in [0.05, 0.1) is 5.92 Å². The van der Waals surface area contributed by atoms with E-state index < -0.39 is 11.9 Å². The van der Waals surface area contributed by atoms with Crippen molar-refractivity contribution in [3.05, 3.63) is 29.8 Å². The van der Waals surface area contributed by atoms with Crippen LogP contribution in [-0.2, 0) is 19.1 Å². The zero-order valence-electron chi connectivity index (χ0n) is 16.9. The summed E-state index contributed by atoms with van der Waals surface area (Å²) >= 11 is 0. The second kappa shape index (κ2) is 8.76. The Kier molecular flexibility index (Phi) is 6.37. The molecule has 1 aliphatic carbocycles. The van der Waals surface area contributed by atoms with Crippen LogP contribution in [0.1, 0.15) is 45.1 Å². The lowest BCUT2D eigenvalue weighted by atomic mass is 9.77. The van der Waals surface area contributed by atoms with Gasteiger partial charge in [0, 0.05) is 24.7 Å². The highest BCUT2D eigenvalue weighted by atomic mass is 16.5. The summed E-state index contributed by atoms with van der Waals surface area (Å²) in [5, 5.41) is 2.74. The minimum absolute atomic E-state index is 0.0252. The number of rotatable bonds is 5. The summed E-state index contributed by atoms with van der Waals surface area (Å²) in [5.41, 5.74) is 1.64. The number of hydrogen-bond acceptors (Lipinski definition) is 4. The van der Waals surface area contributed by atoms with Crippen molar-refractivity contribution in [2.24, 2.45) is 17.8 Å². The molecule has 1 saturated heterocycles. The maximum Gasteiger partial charge on any atom is 0.311 e. The first-order valence-electron chi connectivity index (χ1n) is 10.2. The predicted octanol–water partition coefficient (Wildman–Crippen LogP) is 3.15. The Morgan fingerprint density at radius 1 is 1.21 bits per heavy atom. The van der Waals surface area contributed by atoms with Crippen LogP contribution in [0.3, 0.4) is 0 Å². The van der Waals surface area contributed by atoms with Gasteiger partial charge >= 0.3 is 5.97 Å². The number of nitrogens with zero attached hydrogens (tertiary/aromatic N) is 1. The van der Waals surface area contributed by atoms with Gasteiger partial charge in [-0.2, -0.15) is 0 Å². The third-order valence-corrected chi connectivity index (χ3v) is 6.32. The van der Waals surface area contributed by atoms with E-state index in [4.69, 9.17) is 4.74 Å². The van der Waals surface area contributed by atoms with E-state index in [1.807, 2.05) is 30.0 Å². The molecule has 152 valence electrons. The summed E-state index contributed by atoms with van der Waals surface area (Å²) in [6.45, 7) is 6.39. The number of hydrogen-bond donors (Lipinski definition) is 1. The standard InChI is InChI=1S/C22H30N2O4/c1-14-8-6-10-19(16(14)3)24-12-17(11-21(24)26)22(27)28-13-20(25)23-18-9-5-4-7-15(18)2/h4-5,7,9,14,16-17,19H,6,8,10-13H2,1-3H3,(H,23,25)/t14-,16-,17-,19+/m0/s1. The van der Waals surface area contributed by atoms with Crippen LogP contribution < -0.4 is 5.32 Å². The number of likely N-dealkylation sites (tertiary alicyclic amines) is 1. The predicted molar refractivity (Wildman–Crippen MR) is 107 cm³/mol. The van der Waals surface area contributed by atoms with Crippen molar-refractivity contribution in [1.29, 1.82) is 0 Å². The largest absolute Gasteiger partial charge is 0.455 e. The Morgan fingerprint density at radius 3 is 2.71 bits per heavy atom. The van der Waals surface area contributed by atoms with E-state index >= 15 is 0 Å². The molecule has 1 N–H and O–H groups in total. The minimum Gasteiger partial charge on any atom is -0.455 e. The Labute approximate surface area is 166 Å². The SMILES string of the molecule is Cc1ccccc1NC(=O)COC(=O)[C@H]1CC(=O)N([C@@H]2CCC[C@H](C)[C@@H]2C)C1. The second-order valence-corrected chi connectivity index (χ2v) is 8.25. The van der Waals surface area contributed by atoms with Crippen LogP contribution in [0.5, 0.6) is 0 Å². The van der Waals surface area contributed by atoms with Crippen LogP contribution in [-0.4, -0.2) is 41.9 Å². The summed E-state index contributed by atoms with van der Waals surface area (Å²) in [6, 6.07) is 7.63. The lowest BCUT2D eigenvalue weighted by molar-refractivity contribution is -0.151. The van der Waals surface area contributed by atoms with Crippen LogP contribution in [0.4, 0.5) is 5.69 Å². The van der Waals surface area contributed by atoms with Gasteiger partial charge in [-0.25, -0.2) is 0 Å². The van der Waals surface area contributed by atoms with Gasteiger partial charge in [-0.3, -0.25) is 14.4 Å². The van der Waals surface area contributed by atoms with E-state index in [2.05, 4.69) is 19.2 Å². The maximum absolute atomic E-state index is 12.5. The van der Waals surface area contributed by atoms with Crippen molar-refractivity contribution in [2.75, 3.05) is 18.5 Å². The van der Waals surface area contributed by atoms with E-state index in [-0.39, 0.29) is 30.9 Å². The third-order valence-electron chi connectivity index (χ3n) is 6.32. The Balaban J connectivity index is 1.50. The summed E-state index contributed by atoms with van der Waals surface area (Å²) in [5.74, 6) is -0.277. The van der Waals surface area contributed by atoms with Gasteiger partial charge in [0.2, 0.25) is 5.91 Å². The molecular weight excluding hydrogens is 356 g/mol. The van der Waals surface area contributed by atoms with Crippen molar-refractivity contribution in [1.82, 2.24) is 4.90 Å². The van der Waals surface area contributed by atoms with Gasteiger partial charge in [-0.1, -0.05) is 44.9 Å². The summed E-state index contributed by atoms with van der Waals surface area (Å²) < 4.78 is 5.20. The fourth-order valence-electron chi connectivity index (χ4n) is 4.36. The number of aryl methyl sites for hydroxylation is 1. The molecule has 6 heteroatoms. The van der Waals surface area contributed by atoms with E-state index in [9.17, 15) is 14.4 Å². The molecule has 4 atom stereocenters. The fourth-order valence-corrected chi connectivity index (χ4v) is 4.36. The molecule has 1 saturated carbocycles. The van der Waals surface area contributed by atoms with Crippen LogP contribution >= 0.6 is 0 Å². The first kappa shape index (κ1) is 20.4. The smallest absolute Gasteiger partial charge is 0.311 e. The van der Waals surface area contributed by atoms with Gasteiger partial charge in [-0.15, -0.1) is 0 Å². The first-order valence-corrected chi connectivity index (χ1v) is 10.2. The van der Waals surface area contributed by atoms with Crippen molar-refractivity contribution in [3.63, 3.8) is 0 Å². The molecule has 2 aliphatic rings. The summed E-state index contributed by atoms with van der Waals surface area (Å²) in [7, 11) is 0. The van der Waals surface area contributed by atoms with Crippen molar-refractivity contribution in [3.8, 4) is 0 Å². The van der Waals surface area contributed by atoms with E-state index in [0.29, 0.717) is 24.1 Å². The topological polar surface area (TPSA) is 75.7 Å². The van der Waals surface area contributed by atoms with Crippen LogP contribution in [0.2, 0.25) is 0 Å². The lowest BCUT2D eigenvalue weighted by Gasteiger charge is -2.39. The molecule has 6 nitrogen and oxygen atoms in total. The highest BCUT2D eigenvalue weighted by Crippen LogP contribution is 2.35. The van der Waals surface area contributed by atoms with Gasteiger partial charge < -0.3 is 15.0 Å². The molecule has 2 amide bonds. The van der Waals surface area contributed by atoms with Gasteiger partial charge in [0.25, 0.3) is 5.91 Å². The molecule has 0 radical (unpaired) electrons. The molecule has 0 aromatic heterocycles. The molecule has 0 bridgehead atoms. The zero-order chi connectivity index (χ0) is 20.3. The zero-order valence-corrected chi connectivity index (χ0v) is 16.9. The molecule has 1 aromatic rings. The number of ether oxygens (including phenoxy) is 1. The van der Waals surface area contributed by atoms with E-state index in [1.54, 1.807) is 6.07 Å². The first-order chi connectivity index (χ1) is 13.4. The van der Waals surface area contributed by atoms with Crippen LogP contribution in [0, 0.1) is 24.7 Å². The molecule has 1 aliphatic heterocycles. The normalized spacial score (nSPS) is 27.5. The van der Waals surface area contributed by atoms with Gasteiger partial charge in [-0.05, 0) is 36.8 Å². The molecule has 2 fully saturated rings. The third kappa shape index (κ3) is 4.54. The quantitative estimate of drug-likeness (QED) is 0.789. The summed E-state index contributed by atoms with van der Waals surface area (Å²) in [6.07, 6.45) is 3.49. The van der Waals surface area contributed by atoms with Gasteiger partial charge in [0.1, 0.15) is 0 Å². The average Bonchev–Trinajstić information content (AvgIpc) is 3.05. The number of nitrogens with one attached hydrogen (secondary N) is 1. The number of benzene rings is 1. The minimum atomic E-state index is -0.483. The van der Waals surface area contributed by atoms with Crippen molar-refractivity contribution in [2.45, 2.75) is 52.5 Å². The number of carbonyl (C=O) groups is 3. The Hall–Kier alpha value is -2.37. The molecule has 0 spiro atoms. The highest BCUT2D eigenvalue weighted by Gasteiger charge is 2.42. The molecule has 3 rings (SSSR count). The number of amides is 2. The fraction of sp³-hybridized carbons (Fsp3) is 0.591. The molecular formula is C22H30N2O4. The average molecular weight is 386 g/mol. The Morgan fingerprint density at radius 2 is 1.96 bits per heavy atom. The maximum atomic E-state index is 12.5. The van der Waals surface area contributed by atoms with Crippen LogP contribution in [0.15, 0.2) is 24.3 Å². The monoisotopic (exact) mass is 386 g/mol. The molecule has 1 heterocycles. The van der Waals surface area contributed by atoms with Crippen LogP contribution in [0.25, 0.3) is 0 Å². The lowest BCUT2D eigenvalue weighted by Crippen LogP contribution is -2.45. The number of anilines is 1. The number of carbonyl (C=O) groups excluding carboxylic acids is 3. The molecule has 0 unspecified atom stereocenters. The second-order valence-electron chi connectivity index (χ2n) is 8.25. The molecule has 28 heavy (non-hydrogen) atoms. The Bertz CT molecular complexity index is 748. The van der Waals surface area contributed by atoms with E-state index in [0.717, 1.165) is 18.4 Å². The number of esters is 1. The molecule has 1 aromatic carbocycles. The van der Waals surface area contributed by atoms with Gasteiger partial charge in [0.15, 0.2) is 6.61 Å². The van der Waals surface area contributed by atoms with Crippen molar-refractivity contribution < 1.29 is 19.1 Å². The number of para-hydroxylation sites is 1. The van der Waals surface area contributed by atoms with E-state index in [1.165, 1.54) is 6.42 Å². The van der Waals surface area contributed by atoms with Crippen molar-refractivity contribution >= 4 is 23.5 Å².